The fourth-order valence-corrected chi connectivity index (χ4v) is 3.79. The lowest BCUT2D eigenvalue weighted by Gasteiger charge is -2.34. The van der Waals surface area contributed by atoms with Crippen LogP contribution in [0.25, 0.3) is 0 Å². The number of nitrogens with zero attached hydrogens (tertiary/aromatic N) is 2. The minimum atomic E-state index is -0.505. The first-order chi connectivity index (χ1) is 11.8. The summed E-state index contributed by atoms with van der Waals surface area (Å²) in [6.07, 6.45) is 0.739. The van der Waals surface area contributed by atoms with Crippen molar-refractivity contribution in [3.05, 3.63) is 22.4 Å². The quantitative estimate of drug-likeness (QED) is 0.799. The highest BCUT2D eigenvalue weighted by molar-refractivity contribution is 7.12. The van der Waals surface area contributed by atoms with Gasteiger partial charge in [-0.1, -0.05) is 6.07 Å². The van der Waals surface area contributed by atoms with Crippen LogP contribution in [0, 0.1) is 0 Å². The molecule has 1 aliphatic rings. The van der Waals surface area contributed by atoms with E-state index in [1.165, 1.54) is 18.3 Å². The monoisotopic (exact) mass is 365 g/mol. The smallest absolute Gasteiger partial charge is 0.264 e. The summed E-state index contributed by atoms with van der Waals surface area (Å²) in [6, 6.07) is 3.74. The van der Waals surface area contributed by atoms with Crippen LogP contribution in [0.5, 0.6) is 0 Å². The molecule has 25 heavy (non-hydrogen) atoms. The molecule has 138 valence electrons. The largest absolute Gasteiger partial charge is 0.351 e. The molecule has 0 aromatic carbocycles. The number of thiophene rings is 1. The fourth-order valence-electron chi connectivity index (χ4n) is 3.10. The molecule has 1 aliphatic heterocycles. The zero-order valence-corrected chi connectivity index (χ0v) is 16.0. The Labute approximate surface area is 153 Å². The molecule has 0 aliphatic carbocycles. The van der Waals surface area contributed by atoms with Crippen molar-refractivity contribution in [1.29, 1.82) is 0 Å². The van der Waals surface area contributed by atoms with E-state index in [2.05, 4.69) is 10.2 Å². The van der Waals surface area contributed by atoms with Gasteiger partial charge in [-0.05, 0) is 32.2 Å². The van der Waals surface area contributed by atoms with Crippen LogP contribution in [-0.4, -0.2) is 65.7 Å². The predicted molar refractivity (Wildman–Crippen MR) is 98.8 cm³/mol. The third-order valence-corrected chi connectivity index (χ3v) is 5.07. The second kappa shape index (κ2) is 8.58. The molecule has 6 nitrogen and oxygen atoms in total. The van der Waals surface area contributed by atoms with Gasteiger partial charge >= 0.3 is 0 Å². The Bertz CT molecular complexity index is 605. The first-order valence-corrected chi connectivity index (χ1v) is 9.50. The van der Waals surface area contributed by atoms with E-state index in [9.17, 15) is 14.4 Å². The Kier molecular flexibility index (Phi) is 6.72. The summed E-state index contributed by atoms with van der Waals surface area (Å²) in [5.41, 5.74) is -0.505. The molecular weight excluding hydrogens is 338 g/mol. The molecule has 1 aromatic rings. The van der Waals surface area contributed by atoms with Crippen LogP contribution in [0.3, 0.4) is 0 Å². The first-order valence-electron chi connectivity index (χ1n) is 8.62. The molecule has 0 atom stereocenters. The summed E-state index contributed by atoms with van der Waals surface area (Å²) in [5, 5.41) is 4.84. The number of hydrogen-bond acceptors (Lipinski definition) is 5. The molecule has 0 saturated carbocycles. The summed E-state index contributed by atoms with van der Waals surface area (Å²) in [4.78, 5) is 40.5. The average molecular weight is 365 g/mol. The maximum atomic E-state index is 12.3. The van der Waals surface area contributed by atoms with Gasteiger partial charge in [0, 0.05) is 51.1 Å². The fraction of sp³-hybridized carbons (Fsp3) is 0.611. The molecule has 1 N–H and O–H groups in total. The van der Waals surface area contributed by atoms with Gasteiger partial charge in [0.1, 0.15) is 5.78 Å². The lowest BCUT2D eigenvalue weighted by Crippen LogP contribution is -2.50. The number of Topliss-reactive ketones (excluding diaryl/α,β-unsaturated/α-hetero) is 1. The van der Waals surface area contributed by atoms with Crippen molar-refractivity contribution in [3.63, 3.8) is 0 Å². The number of hydrogen-bond donors (Lipinski definition) is 1. The summed E-state index contributed by atoms with van der Waals surface area (Å²) in [7, 11) is 0. The van der Waals surface area contributed by atoms with Gasteiger partial charge < -0.3 is 10.2 Å². The van der Waals surface area contributed by atoms with Gasteiger partial charge in [0.15, 0.2) is 0 Å². The summed E-state index contributed by atoms with van der Waals surface area (Å²) < 4.78 is 0. The van der Waals surface area contributed by atoms with Gasteiger partial charge in [0.05, 0.1) is 4.88 Å². The predicted octanol–water partition coefficient (Wildman–Crippen LogP) is 1.77. The van der Waals surface area contributed by atoms with Gasteiger partial charge in [0.2, 0.25) is 5.91 Å². The number of ketones is 1. The number of carbonyl (C=O) groups is 3. The molecular formula is C18H27N3O3S. The number of rotatable bonds is 7. The van der Waals surface area contributed by atoms with Crippen molar-refractivity contribution in [3.8, 4) is 0 Å². The Morgan fingerprint density at radius 3 is 2.44 bits per heavy atom. The topological polar surface area (TPSA) is 69.7 Å². The summed E-state index contributed by atoms with van der Waals surface area (Å²) >= 11 is 1.47. The van der Waals surface area contributed by atoms with Gasteiger partial charge in [0.25, 0.3) is 5.91 Å². The van der Waals surface area contributed by atoms with Crippen LogP contribution in [0.1, 0.15) is 43.3 Å². The lowest BCUT2D eigenvalue weighted by atomic mass is 9.98. The van der Waals surface area contributed by atoms with Crippen molar-refractivity contribution >= 4 is 28.9 Å². The standard InChI is InChI=1S/C18H27N3O3S/c1-14(22)13-18(2,3)19-16(23)6-7-20-8-10-21(11-9-20)17(24)15-5-4-12-25-15/h4-5,12H,6-11,13H2,1-3H3,(H,19,23). The van der Waals surface area contributed by atoms with Gasteiger partial charge in [-0.2, -0.15) is 0 Å². The number of nitrogens with one attached hydrogen (secondary N) is 1. The lowest BCUT2D eigenvalue weighted by molar-refractivity contribution is -0.124. The highest BCUT2D eigenvalue weighted by Gasteiger charge is 2.25. The van der Waals surface area contributed by atoms with Gasteiger partial charge in [-0.25, -0.2) is 0 Å². The normalized spacial score (nSPS) is 15.9. The maximum absolute atomic E-state index is 12.3. The first kappa shape index (κ1) is 19.6. The second-order valence-corrected chi connectivity index (χ2v) is 8.12. The molecule has 2 rings (SSSR count). The van der Waals surface area contributed by atoms with Crippen molar-refractivity contribution in [2.24, 2.45) is 0 Å². The van der Waals surface area contributed by atoms with Crippen molar-refractivity contribution in [1.82, 2.24) is 15.1 Å². The van der Waals surface area contributed by atoms with Crippen LogP contribution in [0.15, 0.2) is 17.5 Å². The molecule has 7 heteroatoms. The SMILES string of the molecule is CC(=O)CC(C)(C)NC(=O)CCN1CCN(C(=O)c2cccs2)CC1. The molecule has 2 heterocycles. The summed E-state index contributed by atoms with van der Waals surface area (Å²) in [6.45, 7) is 8.86. The van der Waals surface area contributed by atoms with Crippen LogP contribution >= 0.6 is 11.3 Å². The third-order valence-electron chi connectivity index (χ3n) is 4.22. The molecule has 0 unspecified atom stereocenters. The van der Waals surface area contributed by atoms with E-state index in [-0.39, 0.29) is 17.6 Å². The van der Waals surface area contributed by atoms with E-state index in [0.29, 0.717) is 32.5 Å². The van der Waals surface area contributed by atoms with E-state index in [1.807, 2.05) is 36.3 Å². The van der Waals surface area contributed by atoms with E-state index >= 15 is 0 Å². The molecule has 1 saturated heterocycles. The Balaban J connectivity index is 1.71. The van der Waals surface area contributed by atoms with E-state index < -0.39 is 5.54 Å². The van der Waals surface area contributed by atoms with Crippen molar-refractivity contribution in [2.45, 2.75) is 39.2 Å². The van der Waals surface area contributed by atoms with Crippen LogP contribution < -0.4 is 5.32 Å². The van der Waals surface area contributed by atoms with Crippen LogP contribution in [0.4, 0.5) is 0 Å². The number of carbonyl (C=O) groups excluding carboxylic acids is 3. The zero-order chi connectivity index (χ0) is 18.4. The number of piperazine rings is 1. The maximum Gasteiger partial charge on any atom is 0.264 e. The molecule has 0 radical (unpaired) electrons. The van der Waals surface area contributed by atoms with Crippen LogP contribution in [0.2, 0.25) is 0 Å². The highest BCUT2D eigenvalue weighted by Crippen LogP contribution is 2.14. The third kappa shape index (κ3) is 6.25. The zero-order valence-electron chi connectivity index (χ0n) is 15.2. The molecule has 1 fully saturated rings. The molecule has 0 bridgehead atoms. The minimum Gasteiger partial charge on any atom is -0.351 e. The van der Waals surface area contributed by atoms with Gasteiger partial charge in [-0.3, -0.25) is 19.3 Å². The van der Waals surface area contributed by atoms with Crippen molar-refractivity contribution < 1.29 is 14.4 Å². The Morgan fingerprint density at radius 2 is 1.88 bits per heavy atom. The van der Waals surface area contributed by atoms with Crippen molar-refractivity contribution in [2.75, 3.05) is 32.7 Å². The highest BCUT2D eigenvalue weighted by atomic mass is 32.1. The molecule has 2 amide bonds. The number of amides is 2. The Morgan fingerprint density at radius 1 is 1.20 bits per heavy atom. The minimum absolute atomic E-state index is 0.0386. The molecule has 1 aromatic heterocycles. The summed E-state index contributed by atoms with van der Waals surface area (Å²) in [5.74, 6) is 0.124. The van der Waals surface area contributed by atoms with E-state index in [0.717, 1.165) is 18.0 Å². The van der Waals surface area contributed by atoms with E-state index in [4.69, 9.17) is 0 Å². The van der Waals surface area contributed by atoms with E-state index in [1.54, 1.807) is 0 Å². The second-order valence-electron chi connectivity index (χ2n) is 7.17. The Hall–Kier alpha value is -1.73. The average Bonchev–Trinajstić information content (AvgIpc) is 3.05. The van der Waals surface area contributed by atoms with Crippen LogP contribution in [-0.2, 0) is 9.59 Å². The molecule has 0 spiro atoms. The van der Waals surface area contributed by atoms with Gasteiger partial charge in [-0.15, -0.1) is 11.3 Å².